The number of nitrogens with one attached hydrogen (secondary N) is 1. The Morgan fingerprint density at radius 2 is 1.96 bits per heavy atom. The Morgan fingerprint density at radius 1 is 1.30 bits per heavy atom. The maximum Gasteiger partial charge on any atom is 0.223 e. The third kappa shape index (κ3) is 4.46. The molecule has 3 rings (SSSR count). The average Bonchev–Trinajstić information content (AvgIpc) is 2.61. The van der Waals surface area contributed by atoms with Crippen molar-refractivity contribution < 1.29 is 17.9 Å². The highest BCUT2D eigenvalue weighted by Gasteiger charge is 2.36. The van der Waals surface area contributed by atoms with Crippen LogP contribution in [0.4, 0.5) is 0 Å². The van der Waals surface area contributed by atoms with Gasteiger partial charge in [0.25, 0.3) is 0 Å². The molecule has 0 radical (unpaired) electrons. The Kier molecular flexibility index (Phi) is 5.54. The van der Waals surface area contributed by atoms with Gasteiger partial charge in [0.15, 0.2) is 0 Å². The second-order valence-electron chi connectivity index (χ2n) is 8.24. The molecule has 2 aliphatic rings. The van der Waals surface area contributed by atoms with E-state index in [0.717, 1.165) is 16.9 Å². The number of carbonyl (C=O) groups is 1. The third-order valence-corrected chi connectivity index (χ3v) is 7.40. The molecule has 1 atom stereocenters. The molecule has 1 aromatic rings. The number of amides is 1. The minimum atomic E-state index is -3.17. The Hall–Kier alpha value is -1.60. The van der Waals surface area contributed by atoms with E-state index in [4.69, 9.17) is 4.74 Å². The first-order valence-corrected chi connectivity index (χ1v) is 11.3. The number of rotatable bonds is 4. The summed E-state index contributed by atoms with van der Waals surface area (Å²) in [7, 11) is -3.17. The third-order valence-electron chi connectivity index (χ3n) is 5.52. The minimum Gasteiger partial charge on any atom is -0.487 e. The van der Waals surface area contributed by atoms with Gasteiger partial charge in [-0.2, -0.15) is 0 Å². The number of ether oxygens (including phenoxy) is 1. The van der Waals surface area contributed by atoms with Crippen molar-refractivity contribution in [1.82, 2.24) is 9.62 Å². The molecule has 0 aliphatic carbocycles. The van der Waals surface area contributed by atoms with Crippen LogP contribution < -0.4 is 10.1 Å². The van der Waals surface area contributed by atoms with Crippen LogP contribution in [-0.2, 0) is 14.8 Å². The van der Waals surface area contributed by atoms with Crippen LogP contribution in [0.3, 0.4) is 0 Å². The van der Waals surface area contributed by atoms with Gasteiger partial charge in [-0.05, 0) is 46.6 Å². The SMILES string of the molecule is CCS(=O)(=O)N1CCC(C(=O)N[C@@H]2CC(C)(C)Oc3ccc(C)cc32)CC1. The molecule has 2 aliphatic heterocycles. The van der Waals surface area contributed by atoms with Crippen LogP contribution in [0.15, 0.2) is 18.2 Å². The second-order valence-corrected chi connectivity index (χ2v) is 10.5. The summed E-state index contributed by atoms with van der Waals surface area (Å²) in [6.07, 6.45) is 1.84. The van der Waals surface area contributed by atoms with Gasteiger partial charge in [0.2, 0.25) is 15.9 Å². The Morgan fingerprint density at radius 3 is 2.59 bits per heavy atom. The molecule has 1 saturated heterocycles. The molecule has 7 heteroatoms. The smallest absolute Gasteiger partial charge is 0.223 e. The molecular weight excluding hydrogens is 364 g/mol. The molecule has 1 N–H and O–H groups in total. The van der Waals surface area contributed by atoms with E-state index in [1.807, 2.05) is 32.9 Å². The lowest BCUT2D eigenvalue weighted by atomic mass is 9.88. The van der Waals surface area contributed by atoms with Gasteiger partial charge < -0.3 is 10.1 Å². The average molecular weight is 395 g/mol. The predicted molar refractivity (Wildman–Crippen MR) is 105 cm³/mol. The number of hydrogen-bond donors (Lipinski definition) is 1. The number of nitrogens with zero attached hydrogens (tertiary/aromatic N) is 1. The molecule has 0 bridgehead atoms. The van der Waals surface area contributed by atoms with Crippen LogP contribution in [0.1, 0.15) is 57.2 Å². The summed E-state index contributed by atoms with van der Waals surface area (Å²) in [6, 6.07) is 5.97. The molecule has 0 spiro atoms. The molecule has 1 amide bonds. The predicted octanol–water partition coefficient (Wildman–Crippen LogP) is 2.78. The largest absolute Gasteiger partial charge is 0.487 e. The maximum atomic E-state index is 12.9. The summed E-state index contributed by atoms with van der Waals surface area (Å²) in [6.45, 7) is 8.59. The summed E-state index contributed by atoms with van der Waals surface area (Å²) in [5.41, 5.74) is 1.81. The zero-order chi connectivity index (χ0) is 19.8. The summed E-state index contributed by atoms with van der Waals surface area (Å²) in [4.78, 5) is 12.9. The topological polar surface area (TPSA) is 75.7 Å². The van der Waals surface area contributed by atoms with Crippen molar-refractivity contribution in [3.05, 3.63) is 29.3 Å². The van der Waals surface area contributed by atoms with Gasteiger partial charge in [0.1, 0.15) is 11.4 Å². The lowest BCUT2D eigenvalue weighted by molar-refractivity contribution is -0.127. The normalized spacial score (nSPS) is 23.3. The van der Waals surface area contributed by atoms with Gasteiger partial charge in [-0.15, -0.1) is 0 Å². The Balaban J connectivity index is 1.69. The Labute approximate surface area is 162 Å². The molecule has 2 heterocycles. The van der Waals surface area contributed by atoms with Crippen LogP contribution in [0.5, 0.6) is 5.75 Å². The van der Waals surface area contributed by atoms with Crippen LogP contribution in [0, 0.1) is 12.8 Å². The molecule has 0 unspecified atom stereocenters. The number of piperidine rings is 1. The van der Waals surface area contributed by atoms with E-state index in [9.17, 15) is 13.2 Å². The molecule has 1 fully saturated rings. The van der Waals surface area contributed by atoms with E-state index in [1.165, 1.54) is 4.31 Å². The van der Waals surface area contributed by atoms with Gasteiger partial charge in [-0.1, -0.05) is 17.7 Å². The maximum absolute atomic E-state index is 12.9. The zero-order valence-corrected chi connectivity index (χ0v) is 17.4. The number of fused-ring (bicyclic) bond motifs is 1. The monoisotopic (exact) mass is 394 g/mol. The first kappa shape index (κ1) is 20.1. The van der Waals surface area contributed by atoms with E-state index < -0.39 is 10.0 Å². The molecule has 27 heavy (non-hydrogen) atoms. The highest BCUT2D eigenvalue weighted by atomic mass is 32.2. The lowest BCUT2D eigenvalue weighted by Crippen LogP contribution is -2.46. The van der Waals surface area contributed by atoms with Crippen molar-refractivity contribution in [3.63, 3.8) is 0 Å². The summed E-state index contributed by atoms with van der Waals surface area (Å²) < 4.78 is 31.6. The number of carbonyl (C=O) groups excluding carboxylic acids is 1. The van der Waals surface area contributed by atoms with E-state index >= 15 is 0 Å². The summed E-state index contributed by atoms with van der Waals surface area (Å²) >= 11 is 0. The molecule has 6 nitrogen and oxygen atoms in total. The quantitative estimate of drug-likeness (QED) is 0.852. The molecule has 150 valence electrons. The number of sulfonamides is 1. The van der Waals surface area contributed by atoms with Gasteiger partial charge in [-0.25, -0.2) is 12.7 Å². The van der Waals surface area contributed by atoms with E-state index in [0.29, 0.717) is 32.4 Å². The van der Waals surface area contributed by atoms with Crippen LogP contribution >= 0.6 is 0 Å². The van der Waals surface area contributed by atoms with Crippen LogP contribution in [0.25, 0.3) is 0 Å². The second kappa shape index (κ2) is 7.43. The van der Waals surface area contributed by atoms with Crippen molar-refractivity contribution in [2.24, 2.45) is 5.92 Å². The Bertz CT molecular complexity index is 811. The molecular formula is C20H30N2O4S. The van der Waals surface area contributed by atoms with Crippen molar-refractivity contribution >= 4 is 15.9 Å². The minimum absolute atomic E-state index is 0.0127. The van der Waals surface area contributed by atoms with Crippen molar-refractivity contribution in [1.29, 1.82) is 0 Å². The lowest BCUT2D eigenvalue weighted by Gasteiger charge is -2.39. The molecule has 1 aromatic carbocycles. The fourth-order valence-corrected chi connectivity index (χ4v) is 5.10. The van der Waals surface area contributed by atoms with E-state index in [-0.39, 0.29) is 29.2 Å². The van der Waals surface area contributed by atoms with Gasteiger partial charge in [0, 0.05) is 31.0 Å². The fraction of sp³-hybridized carbons (Fsp3) is 0.650. The number of benzene rings is 1. The highest BCUT2D eigenvalue weighted by molar-refractivity contribution is 7.89. The molecule has 0 saturated carbocycles. The van der Waals surface area contributed by atoms with Crippen LogP contribution in [0.2, 0.25) is 0 Å². The molecule has 0 aromatic heterocycles. The first-order chi connectivity index (χ1) is 12.6. The first-order valence-electron chi connectivity index (χ1n) is 9.69. The number of aryl methyl sites for hydroxylation is 1. The van der Waals surface area contributed by atoms with Crippen molar-refractivity contribution in [2.75, 3.05) is 18.8 Å². The van der Waals surface area contributed by atoms with Gasteiger partial charge >= 0.3 is 0 Å². The summed E-state index contributed by atoms with van der Waals surface area (Å²) in [5.74, 6) is 0.800. The van der Waals surface area contributed by atoms with E-state index in [2.05, 4.69) is 11.4 Å². The van der Waals surface area contributed by atoms with Gasteiger partial charge in [-0.3, -0.25) is 4.79 Å². The zero-order valence-electron chi connectivity index (χ0n) is 16.6. The fourth-order valence-electron chi connectivity index (χ4n) is 3.97. The van der Waals surface area contributed by atoms with Gasteiger partial charge in [0.05, 0.1) is 11.8 Å². The van der Waals surface area contributed by atoms with Crippen molar-refractivity contribution in [2.45, 2.75) is 58.6 Å². The number of hydrogen-bond acceptors (Lipinski definition) is 4. The van der Waals surface area contributed by atoms with E-state index in [1.54, 1.807) is 6.92 Å². The standard InChI is InChI=1S/C20H30N2O4S/c1-5-27(24,25)22-10-8-15(9-11-22)19(23)21-17-13-20(3,4)26-18-7-6-14(2)12-16(17)18/h6-7,12,15,17H,5,8-11,13H2,1-4H3,(H,21,23)/t17-/m1/s1. The van der Waals surface area contributed by atoms with Crippen LogP contribution in [-0.4, -0.2) is 43.1 Å². The summed E-state index contributed by atoms with van der Waals surface area (Å²) in [5, 5.41) is 3.21. The van der Waals surface area contributed by atoms with Crippen molar-refractivity contribution in [3.8, 4) is 5.75 Å². The highest BCUT2D eigenvalue weighted by Crippen LogP contribution is 2.40.